The Morgan fingerprint density at radius 2 is 2.00 bits per heavy atom. The lowest BCUT2D eigenvalue weighted by molar-refractivity contribution is -0.151. The van der Waals surface area contributed by atoms with Gasteiger partial charge in [0.15, 0.2) is 11.5 Å². The molecule has 2 fully saturated rings. The molecule has 1 aromatic rings. The molecule has 1 aromatic carbocycles. The van der Waals surface area contributed by atoms with E-state index in [1.807, 2.05) is 12.1 Å². The van der Waals surface area contributed by atoms with E-state index in [4.69, 9.17) is 18.9 Å². The zero-order chi connectivity index (χ0) is 15.1. The van der Waals surface area contributed by atoms with E-state index in [0.29, 0.717) is 19.0 Å². The zero-order valence-electron chi connectivity index (χ0n) is 12.0. The van der Waals surface area contributed by atoms with Gasteiger partial charge in [0.1, 0.15) is 19.8 Å². The van der Waals surface area contributed by atoms with Crippen molar-refractivity contribution in [3.8, 4) is 11.5 Å². The molecule has 3 atom stereocenters. The number of hydrogen-bond donors (Lipinski definition) is 0. The van der Waals surface area contributed by atoms with Gasteiger partial charge in [-0.15, -0.1) is 0 Å². The average Bonchev–Trinajstić information content (AvgIpc) is 3.15. The van der Waals surface area contributed by atoms with Gasteiger partial charge in [-0.25, -0.2) is 0 Å². The number of carbonyl (C=O) groups is 1. The van der Waals surface area contributed by atoms with E-state index in [2.05, 4.69) is 15.9 Å². The van der Waals surface area contributed by atoms with Gasteiger partial charge in [0, 0.05) is 10.0 Å². The lowest BCUT2D eigenvalue weighted by Gasteiger charge is -2.20. The van der Waals surface area contributed by atoms with Crippen molar-refractivity contribution in [3.63, 3.8) is 0 Å². The molecule has 0 radical (unpaired) electrons. The van der Waals surface area contributed by atoms with Crippen molar-refractivity contribution in [1.29, 1.82) is 0 Å². The summed E-state index contributed by atoms with van der Waals surface area (Å²) >= 11 is 3.49. The highest BCUT2D eigenvalue weighted by Gasteiger charge is 2.45. The maximum absolute atomic E-state index is 12.2. The van der Waals surface area contributed by atoms with Gasteiger partial charge in [0.2, 0.25) is 0 Å². The first-order chi connectivity index (χ1) is 10.7. The van der Waals surface area contributed by atoms with Crippen molar-refractivity contribution >= 4 is 21.9 Å². The van der Waals surface area contributed by atoms with Crippen molar-refractivity contribution in [2.75, 3.05) is 13.2 Å². The molecule has 3 unspecified atom stereocenters. The highest BCUT2D eigenvalue weighted by atomic mass is 79.9. The van der Waals surface area contributed by atoms with Crippen molar-refractivity contribution in [2.45, 2.75) is 38.1 Å². The topological polar surface area (TPSA) is 54.0 Å². The third-order valence-electron chi connectivity index (χ3n) is 4.49. The van der Waals surface area contributed by atoms with E-state index in [1.165, 1.54) is 0 Å². The van der Waals surface area contributed by atoms with Crippen LogP contribution >= 0.6 is 15.9 Å². The molecule has 0 saturated carbocycles. The molecule has 118 valence electrons. The molecule has 4 rings (SSSR count). The first kappa shape index (κ1) is 14.3. The number of benzene rings is 1. The predicted octanol–water partition coefficient (Wildman–Crippen LogP) is 2.83. The quantitative estimate of drug-likeness (QED) is 0.767. The van der Waals surface area contributed by atoms with Gasteiger partial charge in [-0.3, -0.25) is 4.79 Å². The fraction of sp³-hybridized carbons (Fsp3) is 0.562. The minimum atomic E-state index is -0.158. The summed E-state index contributed by atoms with van der Waals surface area (Å²) in [4.78, 5) is 12.2. The molecule has 0 aliphatic carbocycles. The first-order valence-corrected chi connectivity index (χ1v) is 8.40. The maximum Gasteiger partial charge on any atom is 0.312 e. The second-order valence-corrected chi connectivity index (χ2v) is 6.77. The van der Waals surface area contributed by atoms with Crippen LogP contribution in [-0.4, -0.2) is 31.4 Å². The number of hydrogen-bond acceptors (Lipinski definition) is 5. The molecule has 3 heterocycles. The number of rotatable bonds is 3. The Balaban J connectivity index is 1.42. The van der Waals surface area contributed by atoms with Gasteiger partial charge in [-0.05, 0) is 31.4 Å². The van der Waals surface area contributed by atoms with Gasteiger partial charge in [0.25, 0.3) is 0 Å². The van der Waals surface area contributed by atoms with Crippen molar-refractivity contribution < 1.29 is 23.7 Å². The van der Waals surface area contributed by atoms with Crippen LogP contribution in [0.2, 0.25) is 0 Å². The Kier molecular flexibility index (Phi) is 3.74. The molecule has 3 aliphatic heterocycles. The van der Waals surface area contributed by atoms with Crippen LogP contribution in [0.1, 0.15) is 24.8 Å². The average molecular weight is 369 g/mol. The molecule has 22 heavy (non-hydrogen) atoms. The summed E-state index contributed by atoms with van der Waals surface area (Å²) in [7, 11) is 0. The van der Waals surface area contributed by atoms with E-state index >= 15 is 0 Å². The van der Waals surface area contributed by atoms with E-state index in [0.717, 1.165) is 35.0 Å². The van der Waals surface area contributed by atoms with Gasteiger partial charge >= 0.3 is 5.97 Å². The molecule has 0 aromatic heterocycles. The van der Waals surface area contributed by atoms with E-state index in [1.54, 1.807) is 0 Å². The van der Waals surface area contributed by atoms with Crippen LogP contribution in [0.4, 0.5) is 0 Å². The summed E-state index contributed by atoms with van der Waals surface area (Å²) in [6.07, 6.45) is 3.15. The molecule has 2 bridgehead atoms. The van der Waals surface area contributed by atoms with Crippen molar-refractivity contribution in [3.05, 3.63) is 22.2 Å². The number of esters is 1. The van der Waals surface area contributed by atoms with E-state index in [-0.39, 0.29) is 30.7 Å². The molecule has 2 saturated heterocycles. The largest absolute Gasteiger partial charge is 0.486 e. The minimum absolute atomic E-state index is 0.0567. The molecular formula is C16H17BrO5. The summed E-state index contributed by atoms with van der Waals surface area (Å²) in [5.74, 6) is 1.15. The third-order valence-corrected chi connectivity index (χ3v) is 5.23. The van der Waals surface area contributed by atoms with E-state index in [9.17, 15) is 4.79 Å². The van der Waals surface area contributed by atoms with Gasteiger partial charge in [-0.1, -0.05) is 15.9 Å². The number of carbonyl (C=O) groups excluding carboxylic acids is 1. The molecule has 0 N–H and O–H groups in total. The summed E-state index contributed by atoms with van der Waals surface area (Å²) in [6.45, 7) is 1.32. The molecular weight excluding hydrogens is 352 g/mol. The number of ether oxygens (including phenoxy) is 4. The van der Waals surface area contributed by atoms with Crippen LogP contribution < -0.4 is 9.47 Å². The molecule has 0 amide bonds. The Bertz CT molecular complexity index is 602. The van der Waals surface area contributed by atoms with Crippen LogP contribution in [0, 0.1) is 5.92 Å². The molecule has 5 nitrogen and oxygen atoms in total. The predicted molar refractivity (Wildman–Crippen MR) is 80.9 cm³/mol. The minimum Gasteiger partial charge on any atom is -0.486 e. The highest BCUT2D eigenvalue weighted by Crippen LogP contribution is 2.40. The van der Waals surface area contributed by atoms with Gasteiger partial charge in [-0.2, -0.15) is 0 Å². The van der Waals surface area contributed by atoms with Crippen LogP contribution in [-0.2, 0) is 20.9 Å². The number of fused-ring (bicyclic) bond motifs is 3. The lowest BCUT2D eigenvalue weighted by Crippen LogP contribution is -2.27. The van der Waals surface area contributed by atoms with Crippen LogP contribution in [0.25, 0.3) is 0 Å². The van der Waals surface area contributed by atoms with Crippen molar-refractivity contribution in [2.24, 2.45) is 5.92 Å². The van der Waals surface area contributed by atoms with Crippen molar-refractivity contribution in [1.82, 2.24) is 0 Å². The second-order valence-electron chi connectivity index (χ2n) is 5.91. The summed E-state index contributed by atoms with van der Waals surface area (Å²) < 4.78 is 23.1. The Morgan fingerprint density at radius 1 is 1.23 bits per heavy atom. The maximum atomic E-state index is 12.2. The fourth-order valence-corrected chi connectivity index (χ4v) is 3.80. The SMILES string of the molecule is O=C(OCc1cc2c(cc1Br)OCCO2)C1CC2CCC1O2. The van der Waals surface area contributed by atoms with Crippen LogP contribution in [0.5, 0.6) is 11.5 Å². The standard InChI is InChI=1S/C16H17BrO5/c17-12-7-15-14(19-3-4-20-15)5-9(12)8-21-16(18)11-6-10-1-2-13(11)22-10/h5,7,10-11,13H,1-4,6,8H2. The number of halogens is 1. The highest BCUT2D eigenvalue weighted by molar-refractivity contribution is 9.10. The summed E-state index contributed by atoms with van der Waals surface area (Å²) in [5, 5.41) is 0. The van der Waals surface area contributed by atoms with Crippen LogP contribution in [0.15, 0.2) is 16.6 Å². The second kappa shape index (κ2) is 5.74. The van der Waals surface area contributed by atoms with Crippen LogP contribution in [0.3, 0.4) is 0 Å². The zero-order valence-corrected chi connectivity index (χ0v) is 13.6. The lowest BCUT2D eigenvalue weighted by atomic mass is 9.89. The monoisotopic (exact) mass is 368 g/mol. The Labute approximate surface area is 137 Å². The smallest absolute Gasteiger partial charge is 0.312 e. The summed E-state index contributed by atoms with van der Waals surface area (Å²) in [6, 6.07) is 3.72. The Hall–Kier alpha value is -1.27. The molecule has 0 spiro atoms. The summed E-state index contributed by atoms with van der Waals surface area (Å²) in [5.41, 5.74) is 0.877. The molecule has 6 heteroatoms. The fourth-order valence-electron chi connectivity index (χ4n) is 3.36. The van der Waals surface area contributed by atoms with E-state index < -0.39 is 0 Å². The normalized spacial score (nSPS) is 28.7. The Morgan fingerprint density at radius 3 is 2.68 bits per heavy atom. The first-order valence-electron chi connectivity index (χ1n) is 7.61. The van der Waals surface area contributed by atoms with Gasteiger partial charge < -0.3 is 18.9 Å². The van der Waals surface area contributed by atoms with Gasteiger partial charge in [0.05, 0.1) is 18.1 Å². The molecule has 3 aliphatic rings. The third kappa shape index (κ3) is 2.58.